The number of nitrogens with two attached hydrogens (primary N) is 1. The summed E-state index contributed by atoms with van der Waals surface area (Å²) in [6.45, 7) is 1.68. The van der Waals surface area contributed by atoms with Crippen molar-refractivity contribution in [2.45, 2.75) is 6.92 Å². The second-order valence-corrected chi connectivity index (χ2v) is 3.70. The molecule has 0 saturated carbocycles. The van der Waals surface area contributed by atoms with Gasteiger partial charge in [-0.3, -0.25) is 4.79 Å². The van der Waals surface area contributed by atoms with Crippen molar-refractivity contribution in [2.24, 2.45) is 5.73 Å². The Balaban J connectivity index is 2.45. The van der Waals surface area contributed by atoms with Crippen LogP contribution in [0.4, 0.5) is 0 Å². The molecule has 2 rings (SSSR count). The first-order valence-corrected chi connectivity index (χ1v) is 4.95. The molecule has 1 amide bonds. The van der Waals surface area contributed by atoms with Crippen LogP contribution >= 0.6 is 11.6 Å². The van der Waals surface area contributed by atoms with Crippen LogP contribution in [0.3, 0.4) is 0 Å². The van der Waals surface area contributed by atoms with Crippen molar-refractivity contribution >= 4 is 17.5 Å². The Morgan fingerprint density at radius 3 is 2.44 bits per heavy atom. The first-order valence-electron chi connectivity index (χ1n) is 4.57. The highest BCUT2D eigenvalue weighted by atomic mass is 35.5. The number of aryl methyl sites for hydroxylation is 1. The topological polar surface area (TPSA) is 73.8 Å². The third-order valence-corrected chi connectivity index (χ3v) is 2.33. The molecule has 1 aromatic carbocycles. The third-order valence-electron chi connectivity index (χ3n) is 2.07. The number of carbonyl (C=O) groups excluding carboxylic acids is 1. The summed E-state index contributed by atoms with van der Waals surface area (Å²) in [5, 5.41) is 8.72. The normalized spacial score (nSPS) is 10.4. The van der Waals surface area contributed by atoms with Gasteiger partial charge in [0.25, 0.3) is 5.91 Å². The summed E-state index contributed by atoms with van der Waals surface area (Å²) in [4.78, 5) is 12.4. The molecule has 0 aliphatic carbocycles. The van der Waals surface area contributed by atoms with Crippen LogP contribution in [0.2, 0.25) is 5.02 Å². The molecule has 0 unspecified atom stereocenters. The van der Waals surface area contributed by atoms with Gasteiger partial charge in [-0.05, 0) is 31.2 Å². The maximum Gasteiger partial charge on any atom is 0.271 e. The van der Waals surface area contributed by atoms with Crippen molar-refractivity contribution in [3.8, 4) is 5.69 Å². The third kappa shape index (κ3) is 1.90. The minimum absolute atomic E-state index is 0.176. The number of hydrogen-bond acceptors (Lipinski definition) is 3. The molecule has 2 N–H and O–H groups in total. The van der Waals surface area contributed by atoms with Gasteiger partial charge >= 0.3 is 0 Å². The summed E-state index contributed by atoms with van der Waals surface area (Å²) in [5.74, 6) is -0.585. The standard InChI is InChI=1S/C10H9ClN4O/c1-6-9(10(12)16)14-15(13-6)8-4-2-7(11)3-5-8/h2-5H,1H3,(H2,12,16). The van der Waals surface area contributed by atoms with Crippen LogP contribution < -0.4 is 5.73 Å². The van der Waals surface area contributed by atoms with Crippen LogP contribution in [-0.4, -0.2) is 20.9 Å². The van der Waals surface area contributed by atoms with Gasteiger partial charge in [0.05, 0.1) is 11.4 Å². The van der Waals surface area contributed by atoms with E-state index >= 15 is 0 Å². The van der Waals surface area contributed by atoms with E-state index < -0.39 is 5.91 Å². The van der Waals surface area contributed by atoms with E-state index in [2.05, 4.69) is 10.2 Å². The number of carbonyl (C=O) groups is 1. The largest absolute Gasteiger partial charge is 0.364 e. The predicted molar refractivity (Wildman–Crippen MR) is 59.6 cm³/mol. The Morgan fingerprint density at radius 2 is 1.94 bits per heavy atom. The zero-order valence-electron chi connectivity index (χ0n) is 8.51. The number of amides is 1. The molecule has 6 heteroatoms. The Morgan fingerprint density at radius 1 is 1.31 bits per heavy atom. The van der Waals surface area contributed by atoms with Gasteiger partial charge in [0.15, 0.2) is 5.69 Å². The molecule has 1 heterocycles. The van der Waals surface area contributed by atoms with Gasteiger partial charge in [0, 0.05) is 5.02 Å². The lowest BCUT2D eigenvalue weighted by Crippen LogP contribution is -2.13. The van der Waals surface area contributed by atoms with Crippen molar-refractivity contribution in [3.63, 3.8) is 0 Å². The summed E-state index contributed by atoms with van der Waals surface area (Å²) in [6, 6.07) is 6.96. The highest BCUT2D eigenvalue weighted by Gasteiger charge is 2.12. The van der Waals surface area contributed by atoms with E-state index in [1.807, 2.05) is 0 Å². The number of aromatic nitrogens is 3. The van der Waals surface area contributed by atoms with Gasteiger partial charge in [-0.15, -0.1) is 5.10 Å². The monoisotopic (exact) mass is 236 g/mol. The molecule has 0 aliphatic heterocycles. The summed E-state index contributed by atoms with van der Waals surface area (Å²) in [7, 11) is 0. The smallest absolute Gasteiger partial charge is 0.271 e. The lowest BCUT2D eigenvalue weighted by molar-refractivity contribution is 0.0994. The molecule has 0 aliphatic rings. The number of nitrogens with zero attached hydrogens (tertiary/aromatic N) is 3. The van der Waals surface area contributed by atoms with Crippen molar-refractivity contribution in [1.29, 1.82) is 0 Å². The summed E-state index contributed by atoms with van der Waals surface area (Å²) in [5.41, 5.74) is 6.55. The van der Waals surface area contributed by atoms with Crippen molar-refractivity contribution < 1.29 is 4.79 Å². The van der Waals surface area contributed by atoms with E-state index in [0.29, 0.717) is 10.7 Å². The van der Waals surface area contributed by atoms with Crippen LogP contribution in [0.5, 0.6) is 0 Å². The minimum Gasteiger partial charge on any atom is -0.364 e. The zero-order chi connectivity index (χ0) is 11.7. The molecule has 16 heavy (non-hydrogen) atoms. The fourth-order valence-corrected chi connectivity index (χ4v) is 1.42. The molecule has 2 aromatic rings. The summed E-state index contributed by atoms with van der Waals surface area (Å²) in [6.07, 6.45) is 0. The molecule has 1 aromatic heterocycles. The SMILES string of the molecule is Cc1nn(-c2ccc(Cl)cc2)nc1C(N)=O. The molecule has 82 valence electrons. The number of hydrogen-bond donors (Lipinski definition) is 1. The second-order valence-electron chi connectivity index (χ2n) is 3.26. The van der Waals surface area contributed by atoms with Gasteiger partial charge in [-0.25, -0.2) is 0 Å². The molecule has 5 nitrogen and oxygen atoms in total. The van der Waals surface area contributed by atoms with Gasteiger partial charge in [0.1, 0.15) is 0 Å². The van der Waals surface area contributed by atoms with Crippen LogP contribution in [0.25, 0.3) is 5.69 Å². The first-order chi connectivity index (χ1) is 7.58. The van der Waals surface area contributed by atoms with Gasteiger partial charge < -0.3 is 5.73 Å². The molecule has 0 radical (unpaired) electrons. The number of rotatable bonds is 2. The zero-order valence-corrected chi connectivity index (χ0v) is 9.27. The van der Waals surface area contributed by atoms with E-state index in [-0.39, 0.29) is 5.69 Å². The highest BCUT2D eigenvalue weighted by Crippen LogP contribution is 2.12. The molecule has 0 spiro atoms. The van der Waals surface area contributed by atoms with E-state index in [0.717, 1.165) is 5.69 Å². The highest BCUT2D eigenvalue weighted by molar-refractivity contribution is 6.30. The van der Waals surface area contributed by atoms with E-state index in [9.17, 15) is 4.79 Å². The average molecular weight is 237 g/mol. The Kier molecular flexibility index (Phi) is 2.62. The summed E-state index contributed by atoms with van der Waals surface area (Å²) < 4.78 is 0. The number of halogens is 1. The molecular weight excluding hydrogens is 228 g/mol. The molecule has 0 atom stereocenters. The van der Waals surface area contributed by atoms with E-state index in [1.54, 1.807) is 31.2 Å². The van der Waals surface area contributed by atoms with Crippen molar-refractivity contribution in [2.75, 3.05) is 0 Å². The number of benzene rings is 1. The van der Waals surface area contributed by atoms with Gasteiger partial charge in [0.2, 0.25) is 0 Å². The van der Waals surface area contributed by atoms with Crippen LogP contribution in [0.15, 0.2) is 24.3 Å². The average Bonchev–Trinajstić information content (AvgIpc) is 2.61. The van der Waals surface area contributed by atoms with Crippen molar-refractivity contribution in [3.05, 3.63) is 40.7 Å². The van der Waals surface area contributed by atoms with Crippen LogP contribution in [0.1, 0.15) is 16.2 Å². The Bertz CT molecular complexity index is 532. The van der Waals surface area contributed by atoms with Gasteiger partial charge in [-0.1, -0.05) is 11.6 Å². The predicted octanol–water partition coefficient (Wildman–Crippen LogP) is 1.33. The Hall–Kier alpha value is -1.88. The van der Waals surface area contributed by atoms with Gasteiger partial charge in [-0.2, -0.15) is 9.90 Å². The second kappa shape index (κ2) is 3.94. The fourth-order valence-electron chi connectivity index (χ4n) is 1.30. The molecule has 0 fully saturated rings. The van der Waals surface area contributed by atoms with E-state index in [1.165, 1.54) is 4.80 Å². The summed E-state index contributed by atoms with van der Waals surface area (Å²) >= 11 is 5.76. The maximum absolute atomic E-state index is 11.0. The quantitative estimate of drug-likeness (QED) is 0.855. The van der Waals surface area contributed by atoms with Crippen LogP contribution in [0, 0.1) is 6.92 Å². The first kappa shape index (κ1) is 10.6. The minimum atomic E-state index is -0.585. The number of primary amides is 1. The van der Waals surface area contributed by atoms with Crippen LogP contribution in [-0.2, 0) is 0 Å². The molecular formula is C10H9ClN4O. The Labute approximate surface area is 96.8 Å². The maximum atomic E-state index is 11.0. The van der Waals surface area contributed by atoms with Crippen molar-refractivity contribution in [1.82, 2.24) is 15.0 Å². The lowest BCUT2D eigenvalue weighted by Gasteiger charge is -1.98. The molecule has 0 bridgehead atoms. The lowest BCUT2D eigenvalue weighted by atomic mass is 10.3. The molecule has 0 saturated heterocycles. The fraction of sp³-hybridized carbons (Fsp3) is 0.100. The van der Waals surface area contributed by atoms with E-state index in [4.69, 9.17) is 17.3 Å².